The van der Waals surface area contributed by atoms with Crippen molar-refractivity contribution in [2.75, 3.05) is 41.5 Å². The number of likely N-dealkylation sites (tertiary alicyclic amines) is 1. The molecule has 0 spiro atoms. The molecule has 0 amide bonds. The number of piperidine rings is 1. The van der Waals surface area contributed by atoms with Gasteiger partial charge in [-0.05, 0) is 50.2 Å². The molecular weight excluding hydrogens is 390 g/mol. The van der Waals surface area contributed by atoms with E-state index in [1.165, 1.54) is 17.8 Å². The molecule has 8 nitrogen and oxygen atoms in total. The summed E-state index contributed by atoms with van der Waals surface area (Å²) in [5, 5.41) is 14.3. The van der Waals surface area contributed by atoms with Gasteiger partial charge in [-0.3, -0.25) is 0 Å². The van der Waals surface area contributed by atoms with Crippen molar-refractivity contribution in [3.8, 4) is 17.2 Å². The lowest BCUT2D eigenvalue weighted by Gasteiger charge is -2.28. The third-order valence-corrected chi connectivity index (χ3v) is 5.99. The molecule has 29 heavy (non-hydrogen) atoms. The molecule has 2 aromatic heterocycles. The van der Waals surface area contributed by atoms with Gasteiger partial charge in [0.2, 0.25) is 10.7 Å². The Labute approximate surface area is 173 Å². The van der Waals surface area contributed by atoms with E-state index in [0.717, 1.165) is 40.9 Å². The first-order chi connectivity index (χ1) is 14.1. The quantitative estimate of drug-likeness (QED) is 0.612. The maximum atomic E-state index is 5.42. The number of nitrogens with zero attached hydrogens (tertiary/aromatic N) is 5. The van der Waals surface area contributed by atoms with Crippen LogP contribution in [0, 0.1) is 0 Å². The van der Waals surface area contributed by atoms with Crippen LogP contribution >= 0.6 is 11.3 Å². The van der Waals surface area contributed by atoms with Crippen LogP contribution in [0.4, 0.5) is 0 Å². The summed E-state index contributed by atoms with van der Waals surface area (Å²) in [5.41, 5.74) is 0.930. The first-order valence-corrected chi connectivity index (χ1v) is 10.3. The Balaban J connectivity index is 1.61. The Morgan fingerprint density at radius 1 is 1.07 bits per heavy atom. The van der Waals surface area contributed by atoms with E-state index in [-0.39, 0.29) is 0 Å². The van der Waals surface area contributed by atoms with E-state index in [4.69, 9.17) is 19.3 Å². The predicted octanol–water partition coefficient (Wildman–Crippen LogP) is 3.19. The van der Waals surface area contributed by atoms with Crippen LogP contribution < -0.4 is 14.2 Å². The lowest BCUT2D eigenvalue weighted by atomic mass is 9.98. The van der Waals surface area contributed by atoms with E-state index in [2.05, 4.69) is 22.1 Å². The summed E-state index contributed by atoms with van der Waals surface area (Å²) in [6, 6.07) is 3.81. The van der Waals surface area contributed by atoms with Gasteiger partial charge in [-0.2, -0.15) is 9.61 Å². The Hall–Kier alpha value is -2.65. The molecular formula is C20H25N5O3S. The highest BCUT2D eigenvalue weighted by atomic mass is 32.1. The third kappa shape index (κ3) is 3.92. The summed E-state index contributed by atoms with van der Waals surface area (Å²) >= 11 is 1.52. The minimum atomic E-state index is 0.373. The summed E-state index contributed by atoms with van der Waals surface area (Å²) in [7, 11) is 6.96. The molecule has 3 heterocycles. The molecule has 1 saturated heterocycles. The van der Waals surface area contributed by atoms with Crippen LogP contribution in [0.1, 0.15) is 35.2 Å². The molecule has 0 aliphatic carbocycles. The second-order valence-corrected chi connectivity index (χ2v) is 8.07. The molecule has 1 fully saturated rings. The van der Waals surface area contributed by atoms with Crippen molar-refractivity contribution < 1.29 is 14.2 Å². The molecule has 1 unspecified atom stereocenters. The van der Waals surface area contributed by atoms with Gasteiger partial charge >= 0.3 is 0 Å². The largest absolute Gasteiger partial charge is 0.493 e. The number of methoxy groups -OCH3 is 3. The fraction of sp³-hybridized carbons (Fsp3) is 0.450. The minimum absolute atomic E-state index is 0.373. The van der Waals surface area contributed by atoms with Gasteiger partial charge in [0.05, 0.1) is 21.3 Å². The molecule has 9 heteroatoms. The number of likely N-dealkylation sites (N-methyl/N-ethyl adjacent to an activating group) is 1. The lowest BCUT2D eigenvalue weighted by Crippen LogP contribution is -2.31. The number of hydrogen-bond acceptors (Lipinski definition) is 8. The highest BCUT2D eigenvalue weighted by Gasteiger charge is 2.25. The van der Waals surface area contributed by atoms with Crippen LogP contribution in [0.15, 0.2) is 12.1 Å². The fourth-order valence-electron chi connectivity index (χ4n) is 3.71. The monoisotopic (exact) mass is 415 g/mol. The fourth-order valence-corrected chi connectivity index (χ4v) is 4.46. The molecule has 1 aromatic carbocycles. The summed E-state index contributed by atoms with van der Waals surface area (Å²) in [6.45, 7) is 2.13. The summed E-state index contributed by atoms with van der Waals surface area (Å²) in [5.74, 6) is 3.14. The first-order valence-electron chi connectivity index (χ1n) is 9.51. The lowest BCUT2D eigenvalue weighted by molar-refractivity contribution is 0.244. The molecule has 0 radical (unpaired) electrons. The molecule has 1 aliphatic heterocycles. The van der Waals surface area contributed by atoms with E-state index in [1.54, 1.807) is 21.3 Å². The number of fused-ring (bicyclic) bond motifs is 1. The van der Waals surface area contributed by atoms with Gasteiger partial charge in [0.1, 0.15) is 5.01 Å². The highest BCUT2D eigenvalue weighted by Crippen LogP contribution is 2.38. The van der Waals surface area contributed by atoms with Gasteiger partial charge in [0.15, 0.2) is 17.3 Å². The van der Waals surface area contributed by atoms with Crippen LogP contribution in [0.25, 0.3) is 17.1 Å². The van der Waals surface area contributed by atoms with Crippen molar-refractivity contribution in [1.82, 2.24) is 24.7 Å². The second kappa shape index (κ2) is 8.38. The zero-order valence-electron chi connectivity index (χ0n) is 17.1. The average Bonchev–Trinajstić information content (AvgIpc) is 3.31. The Morgan fingerprint density at radius 2 is 1.83 bits per heavy atom. The number of rotatable bonds is 6. The minimum Gasteiger partial charge on any atom is -0.493 e. The van der Waals surface area contributed by atoms with E-state index in [1.807, 2.05) is 28.8 Å². The van der Waals surface area contributed by atoms with E-state index < -0.39 is 0 Å². The average molecular weight is 416 g/mol. The zero-order chi connectivity index (χ0) is 20.4. The molecule has 154 valence electrons. The predicted molar refractivity (Wildman–Crippen MR) is 113 cm³/mol. The van der Waals surface area contributed by atoms with Gasteiger partial charge in [-0.25, -0.2) is 0 Å². The van der Waals surface area contributed by atoms with E-state index >= 15 is 0 Å². The molecule has 0 N–H and O–H groups in total. The standard InChI is InChI=1S/C20H25N5O3S/c1-24-9-5-6-14(12-24)19-21-22-20-25(19)23-17(29-20)8-7-13-10-15(26-2)18(28-4)16(11-13)27-3/h7-8,10-11,14H,5-6,9,12H2,1-4H3/b8-7+. The van der Waals surface area contributed by atoms with Crippen molar-refractivity contribution in [2.24, 2.45) is 0 Å². The van der Waals surface area contributed by atoms with Crippen molar-refractivity contribution >= 4 is 28.4 Å². The Bertz CT molecular complexity index is 1000. The van der Waals surface area contributed by atoms with Crippen molar-refractivity contribution in [3.05, 3.63) is 28.5 Å². The molecule has 3 aromatic rings. The number of ether oxygens (including phenoxy) is 3. The molecule has 0 bridgehead atoms. The van der Waals surface area contributed by atoms with Crippen LogP contribution in [0.5, 0.6) is 17.2 Å². The summed E-state index contributed by atoms with van der Waals surface area (Å²) in [6.07, 6.45) is 6.24. The number of aromatic nitrogens is 4. The van der Waals surface area contributed by atoms with E-state index in [0.29, 0.717) is 23.2 Å². The molecule has 4 rings (SSSR count). The number of benzene rings is 1. The molecule has 0 saturated carbocycles. The topological polar surface area (TPSA) is 74.0 Å². The van der Waals surface area contributed by atoms with Gasteiger partial charge in [0.25, 0.3) is 0 Å². The van der Waals surface area contributed by atoms with Crippen LogP contribution in [-0.2, 0) is 0 Å². The van der Waals surface area contributed by atoms with E-state index in [9.17, 15) is 0 Å². The van der Waals surface area contributed by atoms with Crippen LogP contribution in [0.2, 0.25) is 0 Å². The van der Waals surface area contributed by atoms with Gasteiger partial charge < -0.3 is 19.1 Å². The summed E-state index contributed by atoms with van der Waals surface area (Å²) < 4.78 is 18.1. The zero-order valence-corrected chi connectivity index (χ0v) is 17.9. The molecule has 1 aliphatic rings. The Morgan fingerprint density at radius 3 is 2.48 bits per heavy atom. The first kappa shape index (κ1) is 19.7. The SMILES string of the molecule is COc1cc(/C=C/c2nn3c(C4CCCN(C)C4)nnc3s2)cc(OC)c1OC. The molecule has 1 atom stereocenters. The maximum absolute atomic E-state index is 5.42. The normalized spacial score (nSPS) is 17.9. The second-order valence-electron chi connectivity index (χ2n) is 7.09. The van der Waals surface area contributed by atoms with Gasteiger partial charge in [-0.15, -0.1) is 10.2 Å². The van der Waals surface area contributed by atoms with Crippen molar-refractivity contribution in [3.63, 3.8) is 0 Å². The van der Waals surface area contributed by atoms with Gasteiger partial charge in [-0.1, -0.05) is 17.4 Å². The van der Waals surface area contributed by atoms with Crippen LogP contribution in [0.3, 0.4) is 0 Å². The van der Waals surface area contributed by atoms with Gasteiger partial charge in [0, 0.05) is 12.5 Å². The maximum Gasteiger partial charge on any atom is 0.234 e. The van der Waals surface area contributed by atoms with Crippen molar-refractivity contribution in [1.29, 1.82) is 0 Å². The Kier molecular flexibility index (Phi) is 5.68. The summed E-state index contributed by atoms with van der Waals surface area (Å²) in [4.78, 5) is 3.16. The third-order valence-electron chi connectivity index (χ3n) is 5.13. The number of hydrogen-bond donors (Lipinski definition) is 0. The van der Waals surface area contributed by atoms with Crippen LogP contribution in [-0.4, -0.2) is 66.2 Å². The van der Waals surface area contributed by atoms with Crippen molar-refractivity contribution in [2.45, 2.75) is 18.8 Å². The smallest absolute Gasteiger partial charge is 0.234 e. The highest BCUT2D eigenvalue weighted by molar-refractivity contribution is 7.17.